The van der Waals surface area contributed by atoms with Crippen LogP contribution in [0.5, 0.6) is 0 Å². The van der Waals surface area contributed by atoms with E-state index >= 15 is 0 Å². The molecule has 2 atom stereocenters. The van der Waals surface area contributed by atoms with Crippen LogP contribution >= 0.6 is 0 Å². The van der Waals surface area contributed by atoms with E-state index in [9.17, 15) is 17.8 Å². The molecule has 1 N–H and O–H groups in total. The molecule has 2 unspecified atom stereocenters. The van der Waals surface area contributed by atoms with Gasteiger partial charge < -0.3 is 5.11 Å². The van der Waals surface area contributed by atoms with E-state index in [1.54, 1.807) is 0 Å². The minimum atomic E-state index is -1.62. The molecule has 0 amide bonds. The van der Waals surface area contributed by atoms with Crippen LogP contribution in [-0.2, 0) is 21.3 Å². The van der Waals surface area contributed by atoms with E-state index in [1.807, 2.05) is 0 Å². The van der Waals surface area contributed by atoms with Crippen LogP contribution in [-0.4, -0.2) is 20.5 Å². The Bertz CT molecular complexity index is 428. The van der Waals surface area contributed by atoms with Crippen molar-refractivity contribution in [2.24, 2.45) is 0 Å². The molecule has 0 aliphatic heterocycles. The summed E-state index contributed by atoms with van der Waals surface area (Å²) >= 11 is 0. The second-order valence-electron chi connectivity index (χ2n) is 3.63. The monoisotopic (exact) mass is 262 g/mol. The largest absolute Gasteiger partial charge is 0.481 e. The van der Waals surface area contributed by atoms with E-state index in [4.69, 9.17) is 5.11 Å². The van der Waals surface area contributed by atoms with Gasteiger partial charge in [0.1, 0.15) is 11.6 Å². The maximum Gasteiger partial charge on any atom is 0.304 e. The van der Waals surface area contributed by atoms with Gasteiger partial charge in [-0.3, -0.25) is 9.00 Å². The number of rotatable bonds is 5. The van der Waals surface area contributed by atoms with Crippen molar-refractivity contribution in [1.82, 2.24) is 0 Å². The average molecular weight is 262 g/mol. The third kappa shape index (κ3) is 3.89. The summed E-state index contributed by atoms with van der Waals surface area (Å²) in [6.45, 7) is 1.48. The molecule has 0 saturated heterocycles. The SMILES string of the molecule is CC(CC(=O)O)S(=O)Cc1c(F)cccc1F. The smallest absolute Gasteiger partial charge is 0.304 e. The number of carbonyl (C=O) groups is 1. The minimum Gasteiger partial charge on any atom is -0.481 e. The van der Waals surface area contributed by atoms with Crippen LogP contribution in [0.25, 0.3) is 0 Å². The number of benzene rings is 1. The molecule has 0 bridgehead atoms. The van der Waals surface area contributed by atoms with Crippen molar-refractivity contribution in [2.75, 3.05) is 0 Å². The summed E-state index contributed by atoms with van der Waals surface area (Å²) in [4.78, 5) is 10.4. The zero-order chi connectivity index (χ0) is 13.0. The maximum absolute atomic E-state index is 13.2. The summed E-state index contributed by atoms with van der Waals surface area (Å²) in [6.07, 6.45) is -0.289. The molecule has 0 fully saturated rings. The molecule has 0 aliphatic carbocycles. The Hall–Kier alpha value is -1.30. The molecular weight excluding hydrogens is 250 g/mol. The number of carboxylic acids is 1. The predicted octanol–water partition coefficient (Wildman–Crippen LogP) is 2.08. The van der Waals surface area contributed by atoms with Gasteiger partial charge in [0, 0.05) is 21.6 Å². The highest BCUT2D eigenvalue weighted by Gasteiger charge is 2.18. The zero-order valence-corrected chi connectivity index (χ0v) is 9.97. The lowest BCUT2D eigenvalue weighted by molar-refractivity contribution is -0.136. The number of carboxylic acid groups (broad SMARTS) is 1. The number of halogens is 2. The molecule has 6 heteroatoms. The summed E-state index contributed by atoms with van der Waals surface area (Å²) in [6, 6.07) is 3.38. The van der Waals surface area contributed by atoms with Crippen molar-refractivity contribution in [2.45, 2.75) is 24.3 Å². The fraction of sp³-hybridized carbons (Fsp3) is 0.364. The Morgan fingerprint density at radius 2 is 1.94 bits per heavy atom. The first-order valence-corrected chi connectivity index (χ1v) is 6.32. The van der Waals surface area contributed by atoms with E-state index in [1.165, 1.54) is 13.0 Å². The van der Waals surface area contributed by atoms with Gasteiger partial charge in [0.15, 0.2) is 0 Å². The van der Waals surface area contributed by atoms with E-state index < -0.39 is 33.7 Å². The Morgan fingerprint density at radius 3 is 2.41 bits per heavy atom. The van der Waals surface area contributed by atoms with Gasteiger partial charge in [0.25, 0.3) is 0 Å². The van der Waals surface area contributed by atoms with Crippen LogP contribution in [0.3, 0.4) is 0 Å². The second kappa shape index (κ2) is 5.86. The Balaban J connectivity index is 2.78. The quantitative estimate of drug-likeness (QED) is 0.883. The fourth-order valence-electron chi connectivity index (χ4n) is 1.29. The van der Waals surface area contributed by atoms with Crippen LogP contribution in [0.1, 0.15) is 18.9 Å². The second-order valence-corrected chi connectivity index (χ2v) is 5.49. The highest BCUT2D eigenvalue weighted by atomic mass is 32.2. The molecular formula is C11H12F2O3S. The molecule has 0 spiro atoms. The summed E-state index contributed by atoms with van der Waals surface area (Å²) in [7, 11) is -1.62. The van der Waals surface area contributed by atoms with Gasteiger partial charge in [0.05, 0.1) is 12.2 Å². The van der Waals surface area contributed by atoms with Crippen LogP contribution in [0.15, 0.2) is 18.2 Å². The van der Waals surface area contributed by atoms with Crippen LogP contribution in [0.2, 0.25) is 0 Å². The van der Waals surface area contributed by atoms with Gasteiger partial charge in [-0.25, -0.2) is 8.78 Å². The average Bonchev–Trinajstić information content (AvgIpc) is 2.22. The molecule has 0 radical (unpaired) electrons. The van der Waals surface area contributed by atoms with Gasteiger partial charge >= 0.3 is 5.97 Å². The summed E-state index contributed by atoms with van der Waals surface area (Å²) < 4.78 is 38.2. The van der Waals surface area contributed by atoms with Crippen molar-refractivity contribution in [3.05, 3.63) is 35.4 Å². The fourth-order valence-corrected chi connectivity index (χ4v) is 2.47. The van der Waals surface area contributed by atoms with E-state index in [-0.39, 0.29) is 17.7 Å². The molecule has 1 aromatic rings. The number of hydrogen-bond acceptors (Lipinski definition) is 2. The van der Waals surface area contributed by atoms with E-state index in [0.717, 1.165) is 12.1 Å². The molecule has 1 aromatic carbocycles. The van der Waals surface area contributed by atoms with Gasteiger partial charge in [-0.05, 0) is 12.1 Å². The van der Waals surface area contributed by atoms with Gasteiger partial charge in [-0.1, -0.05) is 13.0 Å². The Kier molecular flexibility index (Phi) is 4.74. The lowest BCUT2D eigenvalue weighted by atomic mass is 10.2. The topological polar surface area (TPSA) is 54.4 Å². The van der Waals surface area contributed by atoms with Gasteiger partial charge in [0.2, 0.25) is 0 Å². The Labute approximate surface area is 99.9 Å². The molecule has 0 aliphatic rings. The molecule has 94 valence electrons. The highest BCUT2D eigenvalue weighted by molar-refractivity contribution is 7.84. The highest BCUT2D eigenvalue weighted by Crippen LogP contribution is 2.16. The number of aliphatic carboxylic acids is 1. The molecule has 1 rings (SSSR count). The Morgan fingerprint density at radius 1 is 1.41 bits per heavy atom. The maximum atomic E-state index is 13.2. The first-order valence-electron chi connectivity index (χ1n) is 4.93. The third-order valence-corrected chi connectivity index (χ3v) is 3.90. The van der Waals surface area contributed by atoms with Gasteiger partial charge in [-0.15, -0.1) is 0 Å². The lowest BCUT2D eigenvalue weighted by Gasteiger charge is -2.10. The van der Waals surface area contributed by atoms with E-state index in [2.05, 4.69) is 0 Å². The van der Waals surface area contributed by atoms with Crippen molar-refractivity contribution in [1.29, 1.82) is 0 Å². The van der Waals surface area contributed by atoms with Crippen LogP contribution in [0.4, 0.5) is 8.78 Å². The van der Waals surface area contributed by atoms with Crippen LogP contribution < -0.4 is 0 Å². The number of hydrogen-bond donors (Lipinski definition) is 1. The summed E-state index contributed by atoms with van der Waals surface area (Å²) in [5.41, 5.74) is -0.261. The standard InChI is InChI=1S/C11H12F2O3S/c1-7(5-11(14)15)17(16)6-8-9(12)3-2-4-10(8)13/h2-4,7H,5-6H2,1H3,(H,14,15). The van der Waals surface area contributed by atoms with Crippen molar-refractivity contribution >= 4 is 16.8 Å². The van der Waals surface area contributed by atoms with E-state index in [0.29, 0.717) is 0 Å². The summed E-state index contributed by atoms with van der Waals surface area (Å²) in [5, 5.41) is 7.88. The van der Waals surface area contributed by atoms with Crippen molar-refractivity contribution in [3.8, 4) is 0 Å². The molecule has 17 heavy (non-hydrogen) atoms. The molecule has 0 aromatic heterocycles. The van der Waals surface area contributed by atoms with Crippen LogP contribution in [0, 0.1) is 11.6 Å². The molecule has 0 saturated carbocycles. The lowest BCUT2D eigenvalue weighted by Crippen LogP contribution is -2.18. The third-order valence-electron chi connectivity index (χ3n) is 2.26. The minimum absolute atomic E-state index is 0.261. The van der Waals surface area contributed by atoms with Crippen molar-refractivity contribution < 1.29 is 22.9 Å². The first-order chi connectivity index (χ1) is 7.91. The first kappa shape index (κ1) is 13.8. The van der Waals surface area contributed by atoms with Gasteiger partial charge in [-0.2, -0.15) is 0 Å². The molecule has 3 nitrogen and oxygen atoms in total. The normalized spacial score (nSPS) is 14.3. The predicted molar refractivity (Wildman–Crippen MR) is 59.9 cm³/mol. The van der Waals surface area contributed by atoms with Crippen molar-refractivity contribution in [3.63, 3.8) is 0 Å². The summed E-state index contributed by atoms with van der Waals surface area (Å²) in [5.74, 6) is -2.92. The molecule has 0 heterocycles. The zero-order valence-electron chi connectivity index (χ0n) is 9.15.